The highest BCUT2D eigenvalue weighted by Gasteiger charge is 2.12. The summed E-state index contributed by atoms with van der Waals surface area (Å²) in [6, 6.07) is 2.91. The van der Waals surface area contributed by atoms with Crippen molar-refractivity contribution in [3.8, 4) is 0 Å². The predicted molar refractivity (Wildman–Crippen MR) is 85.6 cm³/mol. The molecule has 3 N–H and O–H groups in total. The van der Waals surface area contributed by atoms with Gasteiger partial charge in [-0.2, -0.15) is 0 Å². The molecule has 4 nitrogen and oxygen atoms in total. The molecule has 5 heteroatoms. The van der Waals surface area contributed by atoms with E-state index in [4.69, 9.17) is 18.0 Å². The van der Waals surface area contributed by atoms with E-state index in [0.717, 1.165) is 24.3 Å². The molecule has 0 unspecified atom stereocenters. The SMILES string of the molecule is CC(C)N(CCNc1cnccc1C(N)=S)C(C)C. The number of anilines is 1. The molecule has 0 aliphatic heterocycles. The van der Waals surface area contributed by atoms with Crippen LogP contribution in [0, 0.1) is 0 Å². The first-order valence-corrected chi connectivity index (χ1v) is 7.07. The van der Waals surface area contributed by atoms with Crippen molar-refractivity contribution in [2.45, 2.75) is 39.8 Å². The molecule has 0 fully saturated rings. The maximum Gasteiger partial charge on any atom is 0.106 e. The van der Waals surface area contributed by atoms with Gasteiger partial charge in [0.15, 0.2) is 0 Å². The van der Waals surface area contributed by atoms with E-state index in [9.17, 15) is 0 Å². The smallest absolute Gasteiger partial charge is 0.106 e. The fourth-order valence-electron chi connectivity index (χ4n) is 2.18. The van der Waals surface area contributed by atoms with Crippen LogP contribution in [0.3, 0.4) is 0 Å². The molecule has 1 heterocycles. The molecule has 1 aromatic rings. The van der Waals surface area contributed by atoms with Crippen LogP contribution in [0.25, 0.3) is 0 Å². The van der Waals surface area contributed by atoms with E-state index in [2.05, 4.69) is 42.9 Å². The molecule has 0 radical (unpaired) electrons. The molecule has 19 heavy (non-hydrogen) atoms. The molecule has 0 saturated heterocycles. The first-order valence-electron chi connectivity index (χ1n) is 6.67. The molecular weight excluding hydrogens is 256 g/mol. The summed E-state index contributed by atoms with van der Waals surface area (Å²) >= 11 is 5.03. The summed E-state index contributed by atoms with van der Waals surface area (Å²) in [5, 5.41) is 3.36. The maximum absolute atomic E-state index is 5.70. The van der Waals surface area contributed by atoms with Crippen molar-refractivity contribution in [3.05, 3.63) is 24.0 Å². The van der Waals surface area contributed by atoms with E-state index in [1.807, 2.05) is 6.07 Å². The van der Waals surface area contributed by atoms with Crippen LogP contribution in [-0.4, -0.2) is 40.0 Å². The van der Waals surface area contributed by atoms with Crippen LogP contribution in [0.15, 0.2) is 18.5 Å². The number of nitrogens with one attached hydrogen (secondary N) is 1. The zero-order valence-corrected chi connectivity index (χ0v) is 13.0. The number of pyridine rings is 1. The Morgan fingerprint density at radius 2 is 2.00 bits per heavy atom. The fraction of sp³-hybridized carbons (Fsp3) is 0.571. The van der Waals surface area contributed by atoms with E-state index in [1.165, 1.54) is 0 Å². The van der Waals surface area contributed by atoms with Gasteiger partial charge in [-0.05, 0) is 33.8 Å². The van der Waals surface area contributed by atoms with Crippen LogP contribution in [0.5, 0.6) is 0 Å². The third-order valence-corrected chi connectivity index (χ3v) is 3.32. The Kier molecular flexibility index (Phi) is 6.18. The summed E-state index contributed by atoms with van der Waals surface area (Å²) in [6.45, 7) is 10.7. The molecule has 0 amide bonds. The lowest BCUT2D eigenvalue weighted by Gasteiger charge is -2.30. The summed E-state index contributed by atoms with van der Waals surface area (Å²) in [5.41, 5.74) is 7.45. The van der Waals surface area contributed by atoms with E-state index in [-0.39, 0.29) is 0 Å². The van der Waals surface area contributed by atoms with Crippen molar-refractivity contribution in [1.82, 2.24) is 9.88 Å². The number of aromatic nitrogens is 1. The molecule has 0 aliphatic carbocycles. The second-order valence-electron chi connectivity index (χ2n) is 5.14. The van der Waals surface area contributed by atoms with Gasteiger partial charge in [0.05, 0.1) is 11.9 Å². The minimum Gasteiger partial charge on any atom is -0.389 e. The van der Waals surface area contributed by atoms with Gasteiger partial charge in [0.1, 0.15) is 4.99 Å². The lowest BCUT2D eigenvalue weighted by atomic mass is 10.2. The summed E-state index contributed by atoms with van der Waals surface area (Å²) in [5.74, 6) is 0. The summed E-state index contributed by atoms with van der Waals surface area (Å²) in [4.78, 5) is 6.94. The average molecular weight is 280 g/mol. The Hall–Kier alpha value is -1.20. The van der Waals surface area contributed by atoms with Gasteiger partial charge in [-0.1, -0.05) is 12.2 Å². The van der Waals surface area contributed by atoms with Crippen molar-refractivity contribution in [2.24, 2.45) is 5.73 Å². The molecule has 0 aliphatic rings. The van der Waals surface area contributed by atoms with Crippen molar-refractivity contribution < 1.29 is 0 Å². The summed E-state index contributed by atoms with van der Waals surface area (Å²) in [7, 11) is 0. The second-order valence-corrected chi connectivity index (χ2v) is 5.58. The number of hydrogen-bond acceptors (Lipinski definition) is 4. The van der Waals surface area contributed by atoms with Crippen molar-refractivity contribution in [2.75, 3.05) is 18.4 Å². The lowest BCUT2D eigenvalue weighted by Crippen LogP contribution is -2.40. The molecule has 0 aromatic carbocycles. The molecule has 1 aromatic heterocycles. The fourth-order valence-corrected chi connectivity index (χ4v) is 2.36. The average Bonchev–Trinajstić information content (AvgIpc) is 2.33. The minimum absolute atomic E-state index is 0.398. The van der Waals surface area contributed by atoms with Crippen molar-refractivity contribution in [3.63, 3.8) is 0 Å². The third-order valence-electron chi connectivity index (χ3n) is 3.10. The highest BCUT2D eigenvalue weighted by molar-refractivity contribution is 7.80. The Balaban J connectivity index is 2.60. The number of nitrogens with zero attached hydrogens (tertiary/aromatic N) is 2. The highest BCUT2D eigenvalue weighted by Crippen LogP contribution is 2.13. The van der Waals surface area contributed by atoms with E-state index < -0.39 is 0 Å². The Bertz CT molecular complexity index is 410. The number of rotatable bonds is 7. The Morgan fingerprint density at radius 3 is 2.53 bits per heavy atom. The van der Waals surface area contributed by atoms with Crippen LogP contribution < -0.4 is 11.1 Å². The first kappa shape index (κ1) is 15.9. The van der Waals surface area contributed by atoms with Gasteiger partial charge in [0, 0.05) is 36.9 Å². The third kappa shape index (κ3) is 4.76. The van der Waals surface area contributed by atoms with Gasteiger partial charge in [0.25, 0.3) is 0 Å². The van der Waals surface area contributed by atoms with Gasteiger partial charge in [-0.3, -0.25) is 9.88 Å². The molecular formula is C14H24N4S. The van der Waals surface area contributed by atoms with Gasteiger partial charge in [0.2, 0.25) is 0 Å². The van der Waals surface area contributed by atoms with Gasteiger partial charge in [-0.25, -0.2) is 0 Å². The van der Waals surface area contributed by atoms with Crippen LogP contribution in [0.2, 0.25) is 0 Å². The number of thiocarbonyl (C=S) groups is 1. The monoisotopic (exact) mass is 280 g/mol. The largest absolute Gasteiger partial charge is 0.389 e. The van der Waals surface area contributed by atoms with Crippen LogP contribution in [0.4, 0.5) is 5.69 Å². The van der Waals surface area contributed by atoms with E-state index in [1.54, 1.807) is 12.4 Å². The zero-order valence-electron chi connectivity index (χ0n) is 12.2. The van der Waals surface area contributed by atoms with Crippen LogP contribution in [0.1, 0.15) is 33.3 Å². The minimum atomic E-state index is 0.398. The highest BCUT2D eigenvalue weighted by atomic mass is 32.1. The van der Waals surface area contributed by atoms with Crippen LogP contribution >= 0.6 is 12.2 Å². The Labute approximate surface area is 121 Å². The zero-order chi connectivity index (χ0) is 14.4. The predicted octanol–water partition coefficient (Wildman–Crippen LogP) is 2.25. The molecule has 0 bridgehead atoms. The topological polar surface area (TPSA) is 54.2 Å². The quantitative estimate of drug-likeness (QED) is 0.750. The summed E-state index contributed by atoms with van der Waals surface area (Å²) < 4.78 is 0. The normalized spacial score (nSPS) is 11.3. The lowest BCUT2D eigenvalue weighted by molar-refractivity contribution is 0.182. The second kappa shape index (κ2) is 7.40. The standard InChI is InChI=1S/C14H24N4S/c1-10(2)18(11(3)4)8-7-17-13-9-16-6-5-12(13)14(15)19/h5-6,9-11,17H,7-8H2,1-4H3,(H2,15,19). The molecule has 106 valence electrons. The Morgan fingerprint density at radius 1 is 1.37 bits per heavy atom. The molecule has 1 rings (SSSR count). The number of nitrogens with two attached hydrogens (primary N) is 1. The molecule has 0 spiro atoms. The van der Waals surface area contributed by atoms with Crippen molar-refractivity contribution in [1.29, 1.82) is 0 Å². The van der Waals surface area contributed by atoms with Gasteiger partial charge in [-0.15, -0.1) is 0 Å². The molecule has 0 saturated carbocycles. The first-order chi connectivity index (χ1) is 8.93. The number of hydrogen-bond donors (Lipinski definition) is 2. The maximum atomic E-state index is 5.70. The van der Waals surface area contributed by atoms with Gasteiger partial charge >= 0.3 is 0 Å². The summed E-state index contributed by atoms with van der Waals surface area (Å²) in [6.07, 6.45) is 3.47. The van der Waals surface area contributed by atoms with Gasteiger partial charge < -0.3 is 11.1 Å². The van der Waals surface area contributed by atoms with Crippen molar-refractivity contribution >= 4 is 22.9 Å². The molecule has 0 atom stereocenters. The van der Waals surface area contributed by atoms with E-state index >= 15 is 0 Å². The van der Waals surface area contributed by atoms with Crippen LogP contribution in [-0.2, 0) is 0 Å². The van der Waals surface area contributed by atoms with E-state index in [0.29, 0.717) is 17.1 Å².